The maximum Gasteiger partial charge on any atom is 0.246 e. The number of nitrogens with two attached hydrogens (primary N) is 2. The van der Waals surface area contributed by atoms with Crippen LogP contribution in [0.5, 0.6) is 0 Å². The minimum Gasteiger partial charge on any atom is -0.391 e. The molecule has 0 radical (unpaired) electrons. The molecule has 73 heavy (non-hydrogen) atoms. The van der Waals surface area contributed by atoms with Gasteiger partial charge in [0.15, 0.2) is 11.5 Å². The molecule has 1 aliphatic heterocycles. The average molecular weight is 1010 g/mol. The summed E-state index contributed by atoms with van der Waals surface area (Å²) in [5.74, 6) is -0.502. The number of thiazole rings is 1. The number of anilines is 1. The molecule has 1 saturated heterocycles. The Balaban J connectivity index is 0.678. The van der Waals surface area contributed by atoms with E-state index in [4.69, 9.17) is 30.9 Å². The molecule has 1 aliphatic carbocycles. The van der Waals surface area contributed by atoms with E-state index in [1.54, 1.807) is 23.0 Å². The van der Waals surface area contributed by atoms with Crippen molar-refractivity contribution >= 4 is 51.9 Å². The first kappa shape index (κ1) is 50.5. The molecule has 4 amide bonds. The summed E-state index contributed by atoms with van der Waals surface area (Å²) in [6.45, 7) is 2.41. The third kappa shape index (κ3) is 12.1. The van der Waals surface area contributed by atoms with E-state index in [-0.39, 0.29) is 76.3 Å². The number of amides is 4. The number of rotatable bonds is 21. The molecule has 378 valence electrons. The number of hydrogen-bond donors (Lipinski definition) is 6. The summed E-state index contributed by atoms with van der Waals surface area (Å²) in [7, 11) is 0. The van der Waals surface area contributed by atoms with Crippen molar-refractivity contribution in [1.82, 2.24) is 45.4 Å². The van der Waals surface area contributed by atoms with Crippen LogP contribution in [0.1, 0.15) is 54.5 Å². The number of imidazole rings is 1. The lowest BCUT2D eigenvalue weighted by Gasteiger charge is -2.38. The number of β-amino-alcohol motifs (C(OH)–C–C–N with tert-alkyl or cyclic N) is 1. The van der Waals surface area contributed by atoms with Crippen LogP contribution in [-0.2, 0) is 47.2 Å². The number of carbonyl (C=O) groups excluding carboxylic acids is 4. The number of likely N-dealkylation sites (tertiary alicyclic amines) is 1. The summed E-state index contributed by atoms with van der Waals surface area (Å²) in [5.41, 5.74) is 24.1. The number of nitrogens with one attached hydrogen (secondary N) is 3. The van der Waals surface area contributed by atoms with Gasteiger partial charge in [0, 0.05) is 55.5 Å². The molecule has 18 nitrogen and oxygen atoms in total. The second kappa shape index (κ2) is 23.0. The predicted octanol–water partition coefficient (Wildman–Crippen LogP) is 4.98. The first-order valence-electron chi connectivity index (χ1n) is 24.5. The fourth-order valence-corrected chi connectivity index (χ4v) is 9.95. The third-order valence-electron chi connectivity index (χ3n) is 13.3. The van der Waals surface area contributed by atoms with E-state index >= 15 is 0 Å². The molecule has 0 spiro atoms. The van der Waals surface area contributed by atoms with Gasteiger partial charge in [-0.2, -0.15) is 0 Å². The van der Waals surface area contributed by atoms with Crippen molar-refractivity contribution in [2.75, 3.05) is 51.8 Å². The van der Waals surface area contributed by atoms with Crippen LogP contribution in [0.25, 0.3) is 49.9 Å². The molecule has 4 aromatic heterocycles. The van der Waals surface area contributed by atoms with Gasteiger partial charge < -0.3 is 46.9 Å². The van der Waals surface area contributed by atoms with Crippen LogP contribution in [0, 0.1) is 6.92 Å². The van der Waals surface area contributed by atoms with E-state index in [1.165, 1.54) is 4.90 Å². The van der Waals surface area contributed by atoms with Crippen LogP contribution in [-0.4, -0.2) is 116 Å². The highest BCUT2D eigenvalue weighted by molar-refractivity contribution is 7.13. The van der Waals surface area contributed by atoms with Crippen LogP contribution < -0.4 is 27.4 Å². The minimum absolute atomic E-state index is 0.0111. The van der Waals surface area contributed by atoms with Gasteiger partial charge >= 0.3 is 0 Å². The van der Waals surface area contributed by atoms with Gasteiger partial charge in [-0.15, -0.1) is 11.3 Å². The third-order valence-corrected chi connectivity index (χ3v) is 14.3. The van der Waals surface area contributed by atoms with Crippen molar-refractivity contribution in [2.24, 2.45) is 5.73 Å². The standard InChI is InChI=1S/C54H59N11O7S/c1-34-49(73-33-61-34)37-11-8-36(9-12-37)29-60-53(70)45-28-41(66)31-64(45)48(69)30-59-47(68)32-72-26-25-71-24-23-57-46(67)19-10-35-5-2-6-38(27-35)43-17-18-44-52(62-43)65(51(63-44)42-7-3-22-58-50(42)55)40-15-13-39(14-16-40)54(56)20-4-21-54/h2-3,5-9,11-18,22,27,33,41,45,66H,4,10,19-21,23-26,28-32,56H2,1H3,(H2,55,58)(H,57,67)(H,59,68)(H,60,70)/t41-,45+/m1/s1. The number of ether oxygens (including phenoxy) is 2. The number of aryl methyl sites for hydroxylation is 2. The number of benzene rings is 3. The summed E-state index contributed by atoms with van der Waals surface area (Å²) in [6.07, 6.45) is 4.74. The summed E-state index contributed by atoms with van der Waals surface area (Å²) >= 11 is 1.57. The van der Waals surface area contributed by atoms with Crippen molar-refractivity contribution in [3.63, 3.8) is 0 Å². The molecular weight excluding hydrogens is 947 g/mol. The lowest BCUT2D eigenvalue weighted by atomic mass is 9.73. The Hall–Kier alpha value is -7.42. The quantitative estimate of drug-likeness (QED) is 0.0521. The molecular formula is C54H59N11O7S. The smallest absolute Gasteiger partial charge is 0.246 e. The Labute approximate surface area is 426 Å². The van der Waals surface area contributed by atoms with Gasteiger partial charge in [-0.1, -0.05) is 54.6 Å². The summed E-state index contributed by atoms with van der Waals surface area (Å²) in [6, 6.07) is 30.8. The highest BCUT2D eigenvalue weighted by atomic mass is 32.1. The SMILES string of the molecule is Cc1ncsc1-c1ccc(CNC(=O)[C@@H]2C[C@@H](O)CN2C(=O)CNC(=O)COCCOCCNC(=O)CCc2cccc(-c3ccc4nc(-c5cccnc5N)n(-c5ccc(C6(N)CCC6)cc5)c4n3)c2)cc1. The molecule has 5 heterocycles. The molecule has 0 unspecified atom stereocenters. The summed E-state index contributed by atoms with van der Waals surface area (Å²) in [4.78, 5) is 72.5. The van der Waals surface area contributed by atoms with Crippen LogP contribution in [0.2, 0.25) is 0 Å². The largest absolute Gasteiger partial charge is 0.391 e. The molecule has 3 aromatic carbocycles. The normalized spacial score (nSPS) is 16.0. The second-order valence-electron chi connectivity index (χ2n) is 18.4. The highest BCUT2D eigenvalue weighted by Crippen LogP contribution is 2.39. The minimum atomic E-state index is -0.862. The van der Waals surface area contributed by atoms with Gasteiger partial charge in [-0.25, -0.2) is 19.9 Å². The maximum absolute atomic E-state index is 13.1. The molecule has 8 N–H and O–H groups in total. The number of nitrogens with zero attached hydrogens (tertiary/aromatic N) is 6. The number of aliphatic hydroxyl groups excluding tert-OH is 1. The van der Waals surface area contributed by atoms with Gasteiger partial charge in [0.25, 0.3) is 0 Å². The Morgan fingerprint density at radius 3 is 2.41 bits per heavy atom. The number of pyridine rings is 2. The van der Waals surface area contributed by atoms with Gasteiger partial charge in [-0.3, -0.25) is 23.7 Å². The van der Waals surface area contributed by atoms with Gasteiger partial charge in [0.05, 0.1) is 59.8 Å². The van der Waals surface area contributed by atoms with Crippen molar-refractivity contribution in [2.45, 2.75) is 69.7 Å². The summed E-state index contributed by atoms with van der Waals surface area (Å²) in [5, 5.41) is 18.6. The zero-order valence-electron chi connectivity index (χ0n) is 40.6. The molecule has 2 atom stereocenters. The van der Waals surface area contributed by atoms with Crippen LogP contribution in [0.15, 0.2) is 109 Å². The van der Waals surface area contributed by atoms with Crippen molar-refractivity contribution < 1.29 is 33.8 Å². The molecule has 0 bridgehead atoms. The number of aliphatic hydroxyl groups is 1. The Bertz CT molecular complexity index is 3080. The van der Waals surface area contributed by atoms with Gasteiger partial charge in [0.1, 0.15) is 24.0 Å². The second-order valence-corrected chi connectivity index (χ2v) is 19.3. The van der Waals surface area contributed by atoms with Crippen LogP contribution in [0.4, 0.5) is 5.82 Å². The zero-order valence-corrected chi connectivity index (χ0v) is 41.4. The number of nitrogen functional groups attached to an aromatic ring is 1. The number of hydrogen-bond acceptors (Lipinski definition) is 14. The van der Waals surface area contributed by atoms with Crippen molar-refractivity contribution in [3.8, 4) is 38.8 Å². The molecule has 9 rings (SSSR count). The van der Waals surface area contributed by atoms with E-state index in [0.717, 1.165) is 69.0 Å². The highest BCUT2D eigenvalue weighted by Gasteiger charge is 2.39. The van der Waals surface area contributed by atoms with Crippen LogP contribution >= 0.6 is 11.3 Å². The van der Waals surface area contributed by atoms with Gasteiger partial charge in [-0.05, 0) is 97.3 Å². The summed E-state index contributed by atoms with van der Waals surface area (Å²) < 4.78 is 13.0. The molecule has 2 aliphatic rings. The van der Waals surface area contributed by atoms with E-state index in [0.29, 0.717) is 41.3 Å². The lowest BCUT2D eigenvalue weighted by Crippen LogP contribution is -2.49. The van der Waals surface area contributed by atoms with Crippen molar-refractivity contribution in [3.05, 3.63) is 131 Å². The van der Waals surface area contributed by atoms with Crippen molar-refractivity contribution in [1.29, 1.82) is 0 Å². The average Bonchev–Trinajstić information content (AvgIpc) is 4.13. The Kier molecular flexibility index (Phi) is 15.9. The number of aromatic nitrogens is 5. The van der Waals surface area contributed by atoms with E-state index in [1.807, 2.05) is 84.3 Å². The molecule has 1 saturated carbocycles. The van der Waals surface area contributed by atoms with Crippen LogP contribution in [0.3, 0.4) is 0 Å². The topological polar surface area (TPSA) is 255 Å². The fourth-order valence-electron chi connectivity index (χ4n) is 9.14. The maximum atomic E-state index is 13.1. The first-order valence-corrected chi connectivity index (χ1v) is 25.3. The van der Waals surface area contributed by atoms with E-state index in [9.17, 15) is 24.3 Å². The van der Waals surface area contributed by atoms with E-state index < -0.39 is 24.0 Å². The van der Waals surface area contributed by atoms with Gasteiger partial charge in [0.2, 0.25) is 23.6 Å². The van der Waals surface area contributed by atoms with E-state index in [2.05, 4.69) is 50.2 Å². The Morgan fingerprint density at radius 2 is 1.66 bits per heavy atom. The fraction of sp³-hybridized carbons (Fsp3) is 0.333. The Morgan fingerprint density at radius 1 is 0.849 bits per heavy atom. The number of fused-ring (bicyclic) bond motifs is 1. The first-order chi connectivity index (χ1) is 35.4. The monoisotopic (exact) mass is 1010 g/mol. The zero-order chi connectivity index (χ0) is 50.9. The lowest BCUT2D eigenvalue weighted by molar-refractivity contribution is -0.139. The molecule has 19 heteroatoms. The molecule has 7 aromatic rings. The number of carbonyl (C=O) groups is 4. The molecule has 2 fully saturated rings. The predicted molar refractivity (Wildman–Crippen MR) is 278 cm³/mol.